The second-order valence-corrected chi connectivity index (χ2v) is 3.82. The zero-order chi connectivity index (χ0) is 12.8. The highest BCUT2D eigenvalue weighted by Crippen LogP contribution is 2.20. The molecule has 0 aromatic heterocycles. The second-order valence-electron chi connectivity index (χ2n) is 3.82. The molecule has 0 bridgehead atoms. The number of piperidine rings is 1. The number of hydrogen-bond donors (Lipinski definition) is 1. The molecule has 0 aromatic carbocycles. The zero-order valence-corrected chi connectivity index (χ0v) is 9.80. The highest BCUT2D eigenvalue weighted by atomic mass is 16.6. The maximum atomic E-state index is 11.5. The van der Waals surface area contributed by atoms with Gasteiger partial charge >= 0.3 is 12.1 Å². The molecule has 0 aromatic rings. The van der Waals surface area contributed by atoms with E-state index in [2.05, 4.69) is 6.58 Å². The van der Waals surface area contributed by atoms with Crippen molar-refractivity contribution in [2.24, 2.45) is 5.92 Å². The normalized spacial score (nSPS) is 24.2. The van der Waals surface area contributed by atoms with E-state index in [0.29, 0.717) is 13.0 Å². The van der Waals surface area contributed by atoms with Crippen molar-refractivity contribution in [3.63, 3.8) is 0 Å². The summed E-state index contributed by atoms with van der Waals surface area (Å²) in [6.45, 7) is 4.20. The molecule has 1 aliphatic rings. The summed E-state index contributed by atoms with van der Waals surface area (Å²) in [4.78, 5) is 23.9. The first-order valence-electron chi connectivity index (χ1n) is 5.38. The van der Waals surface area contributed by atoms with Crippen LogP contribution in [-0.2, 0) is 14.3 Å². The van der Waals surface area contributed by atoms with Gasteiger partial charge < -0.3 is 19.5 Å². The first kappa shape index (κ1) is 13.5. The molecule has 0 spiro atoms. The van der Waals surface area contributed by atoms with Gasteiger partial charge in [0.15, 0.2) is 0 Å². The maximum Gasteiger partial charge on any atom is 0.410 e. The topological polar surface area (TPSA) is 76.1 Å². The lowest BCUT2D eigenvalue weighted by atomic mass is 9.94. The van der Waals surface area contributed by atoms with Crippen LogP contribution in [-0.4, -0.2) is 55.0 Å². The summed E-state index contributed by atoms with van der Waals surface area (Å²) < 4.78 is 9.98. The van der Waals surface area contributed by atoms with Gasteiger partial charge in [0.2, 0.25) is 0 Å². The fraction of sp³-hybridized carbons (Fsp3) is 0.636. The minimum Gasteiger partial charge on any atom is -0.481 e. The molecule has 1 fully saturated rings. The molecule has 6 nitrogen and oxygen atoms in total. The number of amides is 1. The number of carboxylic acids is 1. The van der Waals surface area contributed by atoms with Gasteiger partial charge in [0.25, 0.3) is 0 Å². The predicted octanol–water partition coefficient (Wildman–Crippen LogP) is 0.731. The van der Waals surface area contributed by atoms with Crippen LogP contribution in [0.3, 0.4) is 0 Å². The van der Waals surface area contributed by atoms with E-state index in [-0.39, 0.29) is 13.2 Å². The Bertz CT molecular complexity index is 304. The fourth-order valence-corrected chi connectivity index (χ4v) is 1.83. The lowest BCUT2D eigenvalue weighted by Gasteiger charge is -2.34. The molecule has 96 valence electrons. The number of aliphatic carboxylic acids is 1. The van der Waals surface area contributed by atoms with Crippen LogP contribution in [0.4, 0.5) is 4.79 Å². The van der Waals surface area contributed by atoms with Crippen LogP contribution < -0.4 is 0 Å². The van der Waals surface area contributed by atoms with Crippen molar-refractivity contribution in [1.29, 1.82) is 0 Å². The summed E-state index contributed by atoms with van der Waals surface area (Å²) in [6, 6.07) is 0. The van der Waals surface area contributed by atoms with Crippen molar-refractivity contribution in [2.75, 3.05) is 26.8 Å². The van der Waals surface area contributed by atoms with Gasteiger partial charge in [0.05, 0.1) is 18.6 Å². The Morgan fingerprint density at radius 1 is 1.59 bits per heavy atom. The summed E-state index contributed by atoms with van der Waals surface area (Å²) in [5.74, 6) is -1.46. The van der Waals surface area contributed by atoms with Crippen molar-refractivity contribution >= 4 is 12.1 Å². The second kappa shape index (κ2) is 6.24. The summed E-state index contributed by atoms with van der Waals surface area (Å²) in [6.07, 6.45) is 0.903. The van der Waals surface area contributed by atoms with E-state index in [9.17, 15) is 9.59 Å². The standard InChI is InChI=1S/C11H17NO5/c1-3-6-17-11(15)12-5-4-8(10(13)14)9(7-12)16-2/h3,8-9H,1,4-7H2,2H3,(H,13,14). The van der Waals surface area contributed by atoms with E-state index in [1.807, 2.05) is 0 Å². The highest BCUT2D eigenvalue weighted by Gasteiger charge is 2.36. The summed E-state index contributed by atoms with van der Waals surface area (Å²) in [7, 11) is 1.44. The molecule has 1 rings (SSSR count). The van der Waals surface area contributed by atoms with Gasteiger partial charge in [0, 0.05) is 13.7 Å². The van der Waals surface area contributed by atoms with Gasteiger partial charge in [0.1, 0.15) is 6.61 Å². The molecule has 0 saturated carbocycles. The van der Waals surface area contributed by atoms with Crippen LogP contribution in [0.1, 0.15) is 6.42 Å². The SMILES string of the molecule is C=CCOC(=O)N1CCC(C(=O)O)C(OC)C1. The van der Waals surface area contributed by atoms with Gasteiger partial charge in [-0.25, -0.2) is 4.79 Å². The van der Waals surface area contributed by atoms with Crippen LogP contribution in [0.15, 0.2) is 12.7 Å². The third kappa shape index (κ3) is 3.45. The Morgan fingerprint density at radius 3 is 2.82 bits per heavy atom. The van der Waals surface area contributed by atoms with Gasteiger partial charge in [-0.1, -0.05) is 12.7 Å². The molecule has 1 saturated heterocycles. The monoisotopic (exact) mass is 243 g/mol. The van der Waals surface area contributed by atoms with Gasteiger partial charge in [-0.15, -0.1) is 0 Å². The minimum atomic E-state index is -0.893. The molecule has 17 heavy (non-hydrogen) atoms. The molecule has 2 atom stereocenters. The molecule has 0 radical (unpaired) electrons. The Hall–Kier alpha value is -1.56. The van der Waals surface area contributed by atoms with Gasteiger partial charge in [-0.2, -0.15) is 0 Å². The van der Waals surface area contributed by atoms with E-state index in [4.69, 9.17) is 14.6 Å². The number of nitrogens with zero attached hydrogens (tertiary/aromatic N) is 1. The molecule has 0 aliphatic carbocycles. The van der Waals surface area contributed by atoms with E-state index in [0.717, 1.165) is 0 Å². The number of methoxy groups -OCH3 is 1. The molecule has 1 aliphatic heterocycles. The Balaban J connectivity index is 2.55. The van der Waals surface area contributed by atoms with Crippen molar-refractivity contribution in [2.45, 2.75) is 12.5 Å². The van der Waals surface area contributed by atoms with E-state index in [1.54, 1.807) is 0 Å². The first-order valence-corrected chi connectivity index (χ1v) is 5.38. The molecule has 1 heterocycles. The molecule has 1 N–H and O–H groups in total. The molecule has 2 unspecified atom stereocenters. The van der Waals surface area contributed by atoms with E-state index in [1.165, 1.54) is 18.1 Å². The van der Waals surface area contributed by atoms with Crippen molar-refractivity contribution < 1.29 is 24.2 Å². The van der Waals surface area contributed by atoms with Crippen LogP contribution >= 0.6 is 0 Å². The molecule has 1 amide bonds. The lowest BCUT2D eigenvalue weighted by Crippen LogP contribution is -2.49. The zero-order valence-electron chi connectivity index (χ0n) is 9.80. The fourth-order valence-electron chi connectivity index (χ4n) is 1.83. The lowest BCUT2D eigenvalue weighted by molar-refractivity contribution is -0.149. The first-order chi connectivity index (χ1) is 8.10. The third-order valence-corrected chi connectivity index (χ3v) is 2.76. The van der Waals surface area contributed by atoms with E-state index < -0.39 is 24.1 Å². The van der Waals surface area contributed by atoms with Crippen molar-refractivity contribution in [1.82, 2.24) is 4.90 Å². The number of likely N-dealkylation sites (tertiary alicyclic amines) is 1. The minimum absolute atomic E-state index is 0.148. The molecular weight excluding hydrogens is 226 g/mol. The Kier molecular flexibility index (Phi) is 4.96. The van der Waals surface area contributed by atoms with Crippen molar-refractivity contribution in [3.05, 3.63) is 12.7 Å². The smallest absolute Gasteiger partial charge is 0.410 e. The number of hydrogen-bond acceptors (Lipinski definition) is 4. The van der Waals surface area contributed by atoms with Crippen LogP contribution in [0.5, 0.6) is 0 Å². The number of carboxylic acid groups (broad SMARTS) is 1. The van der Waals surface area contributed by atoms with Crippen LogP contribution in [0, 0.1) is 5.92 Å². The number of carbonyl (C=O) groups excluding carboxylic acids is 1. The largest absolute Gasteiger partial charge is 0.481 e. The summed E-state index contributed by atoms with van der Waals surface area (Å²) in [5.41, 5.74) is 0. The van der Waals surface area contributed by atoms with E-state index >= 15 is 0 Å². The molecular formula is C11H17NO5. The summed E-state index contributed by atoms with van der Waals surface area (Å²) >= 11 is 0. The Labute approximate surface area is 99.8 Å². The third-order valence-electron chi connectivity index (χ3n) is 2.76. The summed E-state index contributed by atoms with van der Waals surface area (Å²) in [5, 5.41) is 8.98. The maximum absolute atomic E-state index is 11.5. The average Bonchev–Trinajstić information content (AvgIpc) is 2.34. The number of ether oxygens (including phenoxy) is 2. The van der Waals surface area contributed by atoms with Crippen molar-refractivity contribution in [3.8, 4) is 0 Å². The highest BCUT2D eigenvalue weighted by molar-refractivity contribution is 5.72. The molecule has 6 heteroatoms. The van der Waals surface area contributed by atoms with Gasteiger partial charge in [-0.05, 0) is 6.42 Å². The van der Waals surface area contributed by atoms with Crippen LogP contribution in [0.25, 0.3) is 0 Å². The average molecular weight is 243 g/mol. The Morgan fingerprint density at radius 2 is 2.29 bits per heavy atom. The quantitative estimate of drug-likeness (QED) is 0.737. The van der Waals surface area contributed by atoms with Crippen LogP contribution in [0.2, 0.25) is 0 Å². The predicted molar refractivity (Wildman–Crippen MR) is 59.7 cm³/mol. The number of rotatable bonds is 4. The van der Waals surface area contributed by atoms with Gasteiger partial charge in [-0.3, -0.25) is 4.79 Å². The number of carbonyl (C=O) groups is 2.